The highest BCUT2D eigenvalue weighted by atomic mass is 16.6. The van der Waals surface area contributed by atoms with Crippen LogP contribution in [0.1, 0.15) is 30.0 Å². The number of esters is 1. The fraction of sp³-hybridized carbons (Fsp3) is 0.286. The number of carbonyl (C=O) groups is 1. The van der Waals surface area contributed by atoms with Crippen LogP contribution in [-0.4, -0.2) is 27.7 Å². The standard InChI is InChI=1S/C21H18N2O5/c1-3-21(27-2)15-8-17-18-12(6-11-7-13(24)4-5-16(11)22-18)9-23(17)19(25)14(15)10-28-20(21)26/h4-8,24H,3,9-10H2,1-2H3/t21-/m0/s1. The Hall–Kier alpha value is -3.19. The van der Waals surface area contributed by atoms with E-state index >= 15 is 0 Å². The minimum Gasteiger partial charge on any atom is -0.508 e. The topological polar surface area (TPSA) is 90.7 Å². The molecule has 0 saturated heterocycles. The lowest BCUT2D eigenvalue weighted by atomic mass is 9.85. The van der Waals surface area contributed by atoms with Gasteiger partial charge in [0.1, 0.15) is 12.4 Å². The summed E-state index contributed by atoms with van der Waals surface area (Å²) in [5.74, 6) is -0.310. The molecule has 0 radical (unpaired) electrons. The number of ether oxygens (including phenoxy) is 2. The Labute approximate surface area is 160 Å². The van der Waals surface area contributed by atoms with Gasteiger partial charge in [0.2, 0.25) is 0 Å². The highest BCUT2D eigenvalue weighted by molar-refractivity contribution is 5.87. The van der Waals surface area contributed by atoms with Crippen LogP contribution in [0, 0.1) is 0 Å². The van der Waals surface area contributed by atoms with Crippen molar-refractivity contribution >= 4 is 16.9 Å². The molecule has 0 bridgehead atoms. The minimum absolute atomic E-state index is 0.0575. The lowest BCUT2D eigenvalue weighted by Gasteiger charge is -2.34. The Bertz CT molecular complexity index is 1220. The first-order chi connectivity index (χ1) is 13.5. The van der Waals surface area contributed by atoms with Gasteiger partial charge in [-0.2, -0.15) is 0 Å². The van der Waals surface area contributed by atoms with E-state index in [4.69, 9.17) is 14.5 Å². The molecular formula is C21H18N2O5. The van der Waals surface area contributed by atoms with E-state index in [1.165, 1.54) is 7.11 Å². The van der Waals surface area contributed by atoms with E-state index in [9.17, 15) is 14.7 Å². The molecule has 2 aliphatic rings. The minimum atomic E-state index is -1.28. The number of phenolic OH excluding ortho intramolecular Hbond substituents is 1. The normalized spacial score (nSPS) is 19.9. The largest absolute Gasteiger partial charge is 0.508 e. The number of methoxy groups -OCH3 is 1. The Morgan fingerprint density at radius 3 is 2.86 bits per heavy atom. The van der Waals surface area contributed by atoms with E-state index in [0.717, 1.165) is 16.5 Å². The number of hydrogen-bond acceptors (Lipinski definition) is 6. The molecule has 0 aliphatic carbocycles. The zero-order valence-corrected chi connectivity index (χ0v) is 15.5. The van der Waals surface area contributed by atoms with Crippen LogP contribution in [0.4, 0.5) is 0 Å². The SMILES string of the molecule is CC[C@@]1(OC)C(=O)OCc2c1cc1n(c2=O)Cc2cc3cc(O)ccc3nc2-1. The Morgan fingerprint density at radius 2 is 2.11 bits per heavy atom. The molecule has 7 nitrogen and oxygen atoms in total. The van der Waals surface area contributed by atoms with Crippen LogP contribution in [0.15, 0.2) is 35.1 Å². The number of phenols is 1. The third kappa shape index (κ3) is 2.05. The second-order valence-corrected chi connectivity index (χ2v) is 7.15. The van der Waals surface area contributed by atoms with E-state index in [1.807, 2.05) is 19.1 Å². The van der Waals surface area contributed by atoms with Gasteiger partial charge in [-0.15, -0.1) is 0 Å². The van der Waals surface area contributed by atoms with Gasteiger partial charge >= 0.3 is 5.97 Å². The molecule has 142 valence electrons. The molecule has 0 spiro atoms. The number of aromatic nitrogens is 2. The van der Waals surface area contributed by atoms with Gasteiger partial charge in [0, 0.05) is 23.6 Å². The fourth-order valence-electron chi connectivity index (χ4n) is 4.30. The number of carbonyl (C=O) groups excluding carboxylic acids is 1. The van der Waals surface area contributed by atoms with Crippen molar-refractivity contribution in [3.63, 3.8) is 0 Å². The van der Waals surface area contributed by atoms with Crippen LogP contribution in [0.25, 0.3) is 22.3 Å². The third-order valence-electron chi connectivity index (χ3n) is 5.81. The number of cyclic esters (lactones) is 1. The monoisotopic (exact) mass is 378 g/mol. The van der Waals surface area contributed by atoms with Gasteiger partial charge in [0.05, 0.1) is 29.0 Å². The fourth-order valence-corrected chi connectivity index (χ4v) is 4.30. The zero-order chi connectivity index (χ0) is 19.6. The third-order valence-corrected chi connectivity index (χ3v) is 5.81. The predicted octanol–water partition coefficient (Wildman–Crippen LogP) is 2.44. The maximum Gasteiger partial charge on any atom is 0.343 e. The highest BCUT2D eigenvalue weighted by Gasteiger charge is 2.47. The molecule has 0 saturated carbocycles. The molecule has 0 unspecified atom stereocenters. The number of aromatic hydroxyl groups is 1. The van der Waals surface area contributed by atoms with Gasteiger partial charge in [-0.05, 0) is 36.8 Å². The van der Waals surface area contributed by atoms with Crippen LogP contribution in [0.3, 0.4) is 0 Å². The summed E-state index contributed by atoms with van der Waals surface area (Å²) in [6.45, 7) is 2.16. The summed E-state index contributed by atoms with van der Waals surface area (Å²) in [6.07, 6.45) is 0.357. The number of rotatable bonds is 2. The highest BCUT2D eigenvalue weighted by Crippen LogP contribution is 2.40. The molecule has 5 rings (SSSR count). The molecule has 0 amide bonds. The Morgan fingerprint density at radius 1 is 1.29 bits per heavy atom. The van der Waals surface area contributed by atoms with Gasteiger partial charge in [0.15, 0.2) is 5.60 Å². The first-order valence-electron chi connectivity index (χ1n) is 9.11. The van der Waals surface area contributed by atoms with Crippen molar-refractivity contribution in [2.45, 2.75) is 32.1 Å². The molecule has 28 heavy (non-hydrogen) atoms. The molecule has 1 N–H and O–H groups in total. The van der Waals surface area contributed by atoms with Crippen molar-refractivity contribution in [2.24, 2.45) is 0 Å². The van der Waals surface area contributed by atoms with Gasteiger partial charge in [-0.1, -0.05) is 6.92 Å². The average Bonchev–Trinajstić information content (AvgIpc) is 3.05. The molecule has 2 aromatic heterocycles. The Kier molecular flexibility index (Phi) is 3.42. The van der Waals surface area contributed by atoms with Gasteiger partial charge in [0.25, 0.3) is 5.56 Å². The van der Waals surface area contributed by atoms with Crippen LogP contribution in [0.2, 0.25) is 0 Å². The number of benzene rings is 1. The van der Waals surface area contributed by atoms with Crippen molar-refractivity contribution in [1.29, 1.82) is 0 Å². The Balaban J connectivity index is 1.80. The molecule has 3 aromatic rings. The summed E-state index contributed by atoms with van der Waals surface area (Å²) < 4.78 is 12.5. The van der Waals surface area contributed by atoms with Crippen LogP contribution >= 0.6 is 0 Å². The van der Waals surface area contributed by atoms with Crippen molar-refractivity contribution in [3.8, 4) is 17.1 Å². The van der Waals surface area contributed by atoms with Crippen molar-refractivity contribution in [3.05, 3.63) is 57.4 Å². The van der Waals surface area contributed by atoms with Crippen LogP contribution < -0.4 is 5.56 Å². The number of pyridine rings is 2. The summed E-state index contributed by atoms with van der Waals surface area (Å²) in [5, 5.41) is 10.5. The number of nitrogens with zero attached hydrogens (tertiary/aromatic N) is 2. The summed E-state index contributed by atoms with van der Waals surface area (Å²) in [4.78, 5) is 30.4. The molecule has 7 heteroatoms. The number of fused-ring (bicyclic) bond motifs is 5. The summed E-state index contributed by atoms with van der Waals surface area (Å²) >= 11 is 0. The van der Waals surface area contributed by atoms with E-state index in [-0.39, 0.29) is 17.9 Å². The molecule has 2 aliphatic heterocycles. The van der Waals surface area contributed by atoms with Crippen molar-refractivity contribution in [1.82, 2.24) is 9.55 Å². The van der Waals surface area contributed by atoms with Gasteiger partial charge in [-0.25, -0.2) is 9.78 Å². The summed E-state index contributed by atoms with van der Waals surface area (Å²) in [7, 11) is 1.46. The van der Waals surface area contributed by atoms with E-state index < -0.39 is 11.6 Å². The average molecular weight is 378 g/mol. The lowest BCUT2D eigenvalue weighted by Crippen LogP contribution is -2.45. The van der Waals surface area contributed by atoms with Crippen molar-refractivity contribution in [2.75, 3.05) is 7.11 Å². The maximum atomic E-state index is 13.2. The maximum absolute atomic E-state index is 13.2. The van der Waals surface area contributed by atoms with Gasteiger partial charge < -0.3 is 19.1 Å². The lowest BCUT2D eigenvalue weighted by molar-refractivity contribution is -0.176. The second-order valence-electron chi connectivity index (χ2n) is 7.15. The van der Waals surface area contributed by atoms with Crippen LogP contribution in [0.5, 0.6) is 5.75 Å². The quantitative estimate of drug-likeness (QED) is 0.539. The molecule has 1 aromatic carbocycles. The second kappa shape index (κ2) is 5.65. The summed E-state index contributed by atoms with van der Waals surface area (Å²) in [6, 6.07) is 8.76. The first-order valence-corrected chi connectivity index (χ1v) is 9.11. The molecular weight excluding hydrogens is 360 g/mol. The van der Waals surface area contributed by atoms with Gasteiger partial charge in [-0.3, -0.25) is 4.79 Å². The molecule has 0 fully saturated rings. The molecule has 4 heterocycles. The zero-order valence-electron chi connectivity index (χ0n) is 15.5. The predicted molar refractivity (Wildman–Crippen MR) is 101 cm³/mol. The first kappa shape index (κ1) is 16.9. The van der Waals surface area contributed by atoms with E-state index in [0.29, 0.717) is 35.5 Å². The summed E-state index contributed by atoms with van der Waals surface area (Å²) in [5.41, 5.74) is 2.52. The molecule has 1 atom stereocenters. The van der Waals surface area contributed by atoms with E-state index in [2.05, 4.69) is 0 Å². The number of hydrogen-bond donors (Lipinski definition) is 1. The van der Waals surface area contributed by atoms with Crippen molar-refractivity contribution < 1.29 is 19.4 Å². The van der Waals surface area contributed by atoms with Crippen LogP contribution in [-0.2, 0) is 33.0 Å². The van der Waals surface area contributed by atoms with E-state index in [1.54, 1.807) is 22.8 Å². The smallest absolute Gasteiger partial charge is 0.343 e.